The Morgan fingerprint density at radius 2 is 1.76 bits per heavy atom. The van der Waals surface area contributed by atoms with Gasteiger partial charge in [-0.15, -0.1) is 0 Å². The molecule has 17 heavy (non-hydrogen) atoms. The molecule has 0 heterocycles. The Hall–Kier alpha value is -1.07. The van der Waals surface area contributed by atoms with E-state index in [-0.39, 0.29) is 6.04 Å². The first kappa shape index (κ1) is 14.0. The van der Waals surface area contributed by atoms with Crippen LogP contribution in [0.15, 0.2) is 30.3 Å². The van der Waals surface area contributed by atoms with Crippen LogP contribution in [0.2, 0.25) is 0 Å². The summed E-state index contributed by atoms with van der Waals surface area (Å²) < 4.78 is 36.6. The molecule has 1 aromatic carbocycles. The summed E-state index contributed by atoms with van der Waals surface area (Å²) in [5, 5.41) is 8.99. The van der Waals surface area contributed by atoms with E-state index in [2.05, 4.69) is 0 Å². The van der Waals surface area contributed by atoms with Gasteiger partial charge >= 0.3 is 6.18 Å². The molecule has 0 bridgehead atoms. The molecule has 0 saturated carbocycles. The van der Waals surface area contributed by atoms with Gasteiger partial charge in [0.05, 0.1) is 0 Å². The largest absolute Gasteiger partial charge is 0.415 e. The first-order valence-electron chi connectivity index (χ1n) is 5.32. The monoisotopic (exact) mass is 247 g/mol. The highest BCUT2D eigenvalue weighted by Gasteiger charge is 2.39. The normalized spacial score (nSPS) is 15.9. The maximum Gasteiger partial charge on any atom is 0.415 e. The Morgan fingerprint density at radius 1 is 1.24 bits per heavy atom. The second-order valence-corrected chi connectivity index (χ2v) is 4.08. The van der Waals surface area contributed by atoms with E-state index < -0.39 is 18.8 Å². The molecule has 1 N–H and O–H groups in total. The topological polar surface area (TPSA) is 23.5 Å². The Bertz CT molecular complexity index is 339. The number of nitrogens with zero attached hydrogens (tertiary/aromatic N) is 1. The highest BCUT2D eigenvalue weighted by Crippen LogP contribution is 2.24. The maximum absolute atomic E-state index is 12.2. The van der Waals surface area contributed by atoms with Gasteiger partial charge in [-0.05, 0) is 19.5 Å². The minimum Gasteiger partial charge on any atom is -0.382 e. The van der Waals surface area contributed by atoms with E-state index in [1.165, 1.54) is 4.90 Å². The van der Waals surface area contributed by atoms with Gasteiger partial charge in [0.2, 0.25) is 0 Å². The summed E-state index contributed by atoms with van der Waals surface area (Å²) in [6.45, 7) is 1.37. The summed E-state index contributed by atoms with van der Waals surface area (Å²) in [4.78, 5) is 1.48. The molecule has 0 aliphatic rings. The lowest BCUT2D eigenvalue weighted by atomic mass is 10.1. The van der Waals surface area contributed by atoms with Crippen LogP contribution in [0.25, 0.3) is 0 Å². The van der Waals surface area contributed by atoms with Crippen LogP contribution in [-0.2, 0) is 0 Å². The van der Waals surface area contributed by atoms with Gasteiger partial charge in [0.15, 0.2) is 6.10 Å². The molecule has 0 aromatic heterocycles. The SMILES string of the molecule is CC(c1ccccc1)N(C)CC(O)C(F)(F)F. The van der Waals surface area contributed by atoms with Gasteiger partial charge < -0.3 is 5.11 Å². The van der Waals surface area contributed by atoms with Gasteiger partial charge in [0, 0.05) is 12.6 Å². The summed E-state index contributed by atoms with van der Waals surface area (Å²) >= 11 is 0. The summed E-state index contributed by atoms with van der Waals surface area (Å²) in [6, 6.07) is 9.04. The number of halogens is 3. The van der Waals surface area contributed by atoms with Crippen molar-refractivity contribution in [2.24, 2.45) is 0 Å². The Morgan fingerprint density at radius 3 is 2.24 bits per heavy atom. The van der Waals surface area contributed by atoms with Crippen molar-refractivity contribution in [2.45, 2.75) is 25.2 Å². The fraction of sp³-hybridized carbons (Fsp3) is 0.500. The van der Waals surface area contributed by atoms with Crippen LogP contribution in [0, 0.1) is 0 Å². The van der Waals surface area contributed by atoms with Crippen molar-refractivity contribution in [3.05, 3.63) is 35.9 Å². The van der Waals surface area contributed by atoms with E-state index in [1.807, 2.05) is 30.3 Å². The molecule has 0 aliphatic heterocycles. The van der Waals surface area contributed by atoms with E-state index >= 15 is 0 Å². The van der Waals surface area contributed by atoms with Crippen molar-refractivity contribution in [2.75, 3.05) is 13.6 Å². The Balaban J connectivity index is 2.62. The van der Waals surface area contributed by atoms with Crippen LogP contribution in [0.3, 0.4) is 0 Å². The predicted octanol–water partition coefficient (Wildman–Crippen LogP) is 2.60. The molecule has 0 spiro atoms. The van der Waals surface area contributed by atoms with Crippen molar-refractivity contribution >= 4 is 0 Å². The van der Waals surface area contributed by atoms with Crippen molar-refractivity contribution in [3.8, 4) is 0 Å². The molecule has 2 atom stereocenters. The summed E-state index contributed by atoms with van der Waals surface area (Å²) in [7, 11) is 1.56. The van der Waals surface area contributed by atoms with Gasteiger partial charge in [-0.3, -0.25) is 4.90 Å². The molecule has 5 heteroatoms. The molecule has 0 fully saturated rings. The van der Waals surface area contributed by atoms with Crippen molar-refractivity contribution in [1.29, 1.82) is 0 Å². The zero-order valence-corrected chi connectivity index (χ0v) is 9.78. The van der Waals surface area contributed by atoms with Gasteiger partial charge in [-0.1, -0.05) is 30.3 Å². The lowest BCUT2D eigenvalue weighted by Gasteiger charge is -2.28. The van der Waals surface area contributed by atoms with Crippen molar-refractivity contribution in [3.63, 3.8) is 0 Å². The standard InChI is InChI=1S/C12H16F3NO/c1-9(10-6-4-3-5-7-10)16(2)8-11(17)12(13,14)15/h3-7,9,11,17H,8H2,1-2H3. The molecular weight excluding hydrogens is 231 g/mol. The Kier molecular flexibility index (Phi) is 4.54. The van der Waals surface area contributed by atoms with Gasteiger partial charge in [0.25, 0.3) is 0 Å². The van der Waals surface area contributed by atoms with Crippen LogP contribution in [0.5, 0.6) is 0 Å². The number of aliphatic hydroxyl groups excluding tert-OH is 1. The lowest BCUT2D eigenvalue weighted by Crippen LogP contribution is -2.40. The van der Waals surface area contributed by atoms with Gasteiger partial charge in [-0.2, -0.15) is 13.2 Å². The summed E-state index contributed by atoms with van der Waals surface area (Å²) in [5.74, 6) is 0. The second-order valence-electron chi connectivity index (χ2n) is 4.08. The fourth-order valence-electron chi connectivity index (χ4n) is 1.52. The molecule has 0 amide bonds. The summed E-state index contributed by atoms with van der Waals surface area (Å²) in [5.41, 5.74) is 0.921. The molecule has 0 radical (unpaired) electrons. The third-order valence-electron chi connectivity index (χ3n) is 2.78. The van der Waals surface area contributed by atoms with Crippen molar-refractivity contribution < 1.29 is 18.3 Å². The van der Waals surface area contributed by atoms with Gasteiger partial charge in [-0.25, -0.2) is 0 Å². The first-order chi connectivity index (χ1) is 7.82. The van der Waals surface area contributed by atoms with Crippen LogP contribution in [-0.4, -0.2) is 35.9 Å². The third-order valence-corrected chi connectivity index (χ3v) is 2.78. The zero-order chi connectivity index (χ0) is 13.1. The zero-order valence-electron chi connectivity index (χ0n) is 9.78. The number of rotatable bonds is 4. The van der Waals surface area contributed by atoms with E-state index in [1.54, 1.807) is 14.0 Å². The third kappa shape index (κ3) is 4.02. The average Bonchev–Trinajstić information content (AvgIpc) is 2.27. The van der Waals surface area contributed by atoms with Crippen LogP contribution in [0.1, 0.15) is 18.5 Å². The highest BCUT2D eigenvalue weighted by molar-refractivity contribution is 5.18. The number of aliphatic hydroxyl groups is 1. The van der Waals surface area contributed by atoms with Crippen LogP contribution < -0.4 is 0 Å². The molecule has 0 aliphatic carbocycles. The number of hydrogen-bond acceptors (Lipinski definition) is 2. The van der Waals surface area contributed by atoms with Crippen LogP contribution >= 0.6 is 0 Å². The number of hydrogen-bond donors (Lipinski definition) is 1. The first-order valence-corrected chi connectivity index (χ1v) is 5.32. The fourth-order valence-corrected chi connectivity index (χ4v) is 1.52. The maximum atomic E-state index is 12.2. The molecule has 1 aromatic rings. The minimum absolute atomic E-state index is 0.173. The molecule has 1 rings (SSSR count). The second kappa shape index (κ2) is 5.51. The van der Waals surface area contributed by atoms with Gasteiger partial charge in [0.1, 0.15) is 0 Å². The molecular formula is C12H16F3NO. The van der Waals surface area contributed by atoms with E-state index in [0.717, 1.165) is 5.56 Å². The number of alkyl halides is 3. The van der Waals surface area contributed by atoms with E-state index in [0.29, 0.717) is 0 Å². The van der Waals surface area contributed by atoms with E-state index in [9.17, 15) is 13.2 Å². The molecule has 0 saturated heterocycles. The average molecular weight is 247 g/mol. The number of benzene rings is 1. The molecule has 2 nitrogen and oxygen atoms in total. The minimum atomic E-state index is -4.56. The summed E-state index contributed by atoms with van der Waals surface area (Å²) in [6.07, 6.45) is -6.87. The predicted molar refractivity (Wildman–Crippen MR) is 59.5 cm³/mol. The van der Waals surface area contributed by atoms with E-state index in [4.69, 9.17) is 5.11 Å². The quantitative estimate of drug-likeness (QED) is 0.884. The lowest BCUT2D eigenvalue weighted by molar-refractivity contribution is -0.208. The van der Waals surface area contributed by atoms with Crippen LogP contribution in [0.4, 0.5) is 13.2 Å². The number of likely N-dealkylation sites (N-methyl/N-ethyl adjacent to an activating group) is 1. The van der Waals surface area contributed by atoms with Crippen molar-refractivity contribution in [1.82, 2.24) is 4.90 Å². The molecule has 2 unspecified atom stereocenters. The Labute approximate surface area is 98.7 Å². The highest BCUT2D eigenvalue weighted by atomic mass is 19.4. The molecule has 96 valence electrons. The smallest absolute Gasteiger partial charge is 0.382 e.